The van der Waals surface area contributed by atoms with Gasteiger partial charge in [-0.25, -0.2) is 0 Å². The van der Waals surface area contributed by atoms with Crippen molar-refractivity contribution >= 4 is 30.4 Å². The third-order valence-corrected chi connectivity index (χ3v) is 4.49. The molecule has 0 saturated heterocycles. The van der Waals surface area contributed by atoms with Gasteiger partial charge in [0.15, 0.2) is 0 Å². The van der Waals surface area contributed by atoms with Crippen molar-refractivity contribution in [2.24, 2.45) is 0 Å². The summed E-state index contributed by atoms with van der Waals surface area (Å²) in [7, 11) is 4.04. The summed E-state index contributed by atoms with van der Waals surface area (Å²) in [6.07, 6.45) is 1.98. The summed E-state index contributed by atoms with van der Waals surface area (Å²) in [4.78, 5) is 12.7. The van der Waals surface area contributed by atoms with E-state index < -0.39 is 0 Å². The van der Waals surface area contributed by atoms with E-state index >= 15 is 0 Å². The molecule has 0 amide bonds. The van der Waals surface area contributed by atoms with E-state index in [1.54, 1.807) is 0 Å². The predicted octanol–water partition coefficient (Wildman–Crippen LogP) is 1.29. The van der Waals surface area contributed by atoms with Crippen molar-refractivity contribution in [3.8, 4) is 5.75 Å². The summed E-state index contributed by atoms with van der Waals surface area (Å²) in [6, 6.07) is 7.90. The van der Waals surface area contributed by atoms with Gasteiger partial charge in [0.05, 0.1) is 0 Å². The molecule has 0 aliphatic heterocycles. The molecular formula is C13H14NO2Se. The SMILES string of the molecule is CN(C)CCOc1ccc2cc([C]=O)[se]c2c1. The number of rotatable bonds is 5. The van der Waals surface area contributed by atoms with Gasteiger partial charge in [-0.1, -0.05) is 0 Å². The van der Waals surface area contributed by atoms with Crippen molar-refractivity contribution < 1.29 is 9.53 Å². The topological polar surface area (TPSA) is 29.5 Å². The zero-order chi connectivity index (χ0) is 12.3. The van der Waals surface area contributed by atoms with Gasteiger partial charge in [0, 0.05) is 0 Å². The molecule has 0 unspecified atom stereocenters. The van der Waals surface area contributed by atoms with E-state index in [1.807, 2.05) is 44.6 Å². The average molecular weight is 295 g/mol. The van der Waals surface area contributed by atoms with Gasteiger partial charge in [0.1, 0.15) is 0 Å². The van der Waals surface area contributed by atoms with Crippen LogP contribution >= 0.6 is 0 Å². The number of hydrogen-bond acceptors (Lipinski definition) is 3. The molecule has 0 N–H and O–H groups in total. The molecule has 0 atom stereocenters. The van der Waals surface area contributed by atoms with Crippen molar-refractivity contribution in [1.82, 2.24) is 4.90 Å². The fraction of sp³-hybridized carbons (Fsp3) is 0.308. The van der Waals surface area contributed by atoms with Crippen LogP contribution in [-0.4, -0.2) is 52.9 Å². The van der Waals surface area contributed by atoms with E-state index in [-0.39, 0.29) is 14.5 Å². The van der Waals surface area contributed by atoms with Crippen LogP contribution in [0.1, 0.15) is 4.44 Å². The van der Waals surface area contributed by atoms with Crippen molar-refractivity contribution in [3.05, 3.63) is 28.7 Å². The molecule has 0 aliphatic rings. The Balaban J connectivity index is 2.11. The standard InChI is InChI=1S/C13H14NO2Se/c1-14(2)5-6-16-11-4-3-10-7-12(9-15)17-13(10)8-11/h3-4,7-8H,5-6H2,1-2H3. The van der Waals surface area contributed by atoms with Gasteiger partial charge < -0.3 is 0 Å². The Hall–Kier alpha value is -1.09. The Kier molecular flexibility index (Phi) is 4.00. The normalized spacial score (nSPS) is 11.0. The van der Waals surface area contributed by atoms with Crippen LogP contribution in [-0.2, 0) is 4.79 Å². The number of fused-ring (bicyclic) bond motifs is 1. The summed E-state index contributed by atoms with van der Waals surface area (Å²) in [5.41, 5.74) is 0. The number of likely N-dealkylation sites (N-methyl/N-ethyl adjacent to an activating group) is 1. The van der Waals surface area contributed by atoms with Gasteiger partial charge in [0.2, 0.25) is 0 Å². The zero-order valence-electron chi connectivity index (χ0n) is 9.90. The van der Waals surface area contributed by atoms with Gasteiger partial charge in [-0.05, 0) is 0 Å². The van der Waals surface area contributed by atoms with E-state index in [9.17, 15) is 4.79 Å². The molecule has 1 radical (unpaired) electrons. The third kappa shape index (κ3) is 3.19. The molecule has 0 saturated carbocycles. The second-order valence-corrected chi connectivity index (χ2v) is 6.34. The molecule has 4 heteroatoms. The molecule has 0 aliphatic carbocycles. The maximum absolute atomic E-state index is 10.6. The van der Waals surface area contributed by atoms with Gasteiger partial charge >= 0.3 is 107 Å². The van der Waals surface area contributed by atoms with E-state index in [0.717, 1.165) is 22.1 Å². The molecule has 0 fully saturated rings. The number of hydrogen-bond donors (Lipinski definition) is 0. The Morgan fingerprint density at radius 2 is 2.18 bits per heavy atom. The summed E-state index contributed by atoms with van der Waals surface area (Å²) in [6.45, 7) is 1.58. The van der Waals surface area contributed by atoms with Crippen LogP contribution in [0.3, 0.4) is 0 Å². The van der Waals surface area contributed by atoms with Gasteiger partial charge in [0.25, 0.3) is 0 Å². The summed E-state index contributed by atoms with van der Waals surface area (Å²) >= 11 is 0.0952. The second-order valence-electron chi connectivity index (χ2n) is 4.06. The van der Waals surface area contributed by atoms with Crippen LogP contribution in [0.5, 0.6) is 5.75 Å². The van der Waals surface area contributed by atoms with Crippen LogP contribution in [0.4, 0.5) is 0 Å². The minimum absolute atomic E-state index is 0.0952. The average Bonchev–Trinajstić information content (AvgIpc) is 2.70. The molecule has 1 heterocycles. The molecule has 2 aromatic rings. The van der Waals surface area contributed by atoms with Crippen LogP contribution in [0.25, 0.3) is 9.65 Å². The van der Waals surface area contributed by atoms with Crippen LogP contribution < -0.4 is 4.74 Å². The first-order valence-corrected chi connectivity index (χ1v) is 7.09. The third-order valence-electron chi connectivity index (χ3n) is 2.40. The first-order valence-electron chi connectivity index (χ1n) is 5.38. The van der Waals surface area contributed by atoms with E-state index in [4.69, 9.17) is 4.74 Å². The first kappa shape index (κ1) is 12.4. The quantitative estimate of drug-likeness (QED) is 0.779. The molecule has 1 aromatic carbocycles. The van der Waals surface area contributed by atoms with Gasteiger partial charge in [-0.15, -0.1) is 0 Å². The van der Waals surface area contributed by atoms with Gasteiger partial charge in [-0.3, -0.25) is 0 Å². The van der Waals surface area contributed by atoms with Crippen molar-refractivity contribution in [2.45, 2.75) is 0 Å². The molecule has 17 heavy (non-hydrogen) atoms. The molecule has 1 aromatic heterocycles. The van der Waals surface area contributed by atoms with Crippen molar-refractivity contribution in [1.29, 1.82) is 0 Å². The monoisotopic (exact) mass is 296 g/mol. The van der Waals surface area contributed by atoms with E-state index in [2.05, 4.69) is 4.90 Å². The molecule has 2 rings (SSSR count). The number of benzene rings is 1. The summed E-state index contributed by atoms with van der Waals surface area (Å²) in [5, 5.41) is 1.13. The first-order chi connectivity index (χ1) is 8.19. The van der Waals surface area contributed by atoms with Crippen LogP contribution in [0.2, 0.25) is 0 Å². The predicted molar refractivity (Wildman–Crippen MR) is 69.7 cm³/mol. The van der Waals surface area contributed by atoms with Crippen molar-refractivity contribution in [2.75, 3.05) is 27.2 Å². The molecular weight excluding hydrogens is 281 g/mol. The molecule has 89 valence electrons. The van der Waals surface area contributed by atoms with Gasteiger partial charge in [-0.2, -0.15) is 0 Å². The Labute approximate surface area is 107 Å². The Bertz CT molecular complexity index is 519. The summed E-state index contributed by atoms with van der Waals surface area (Å²) in [5.74, 6) is 0.882. The molecule has 0 bridgehead atoms. The zero-order valence-corrected chi connectivity index (χ0v) is 11.6. The number of ether oxygens (including phenoxy) is 1. The maximum atomic E-state index is 10.6. The number of carbonyl (C=O) groups excluding carboxylic acids is 1. The molecule has 3 nitrogen and oxygen atoms in total. The molecule has 0 spiro atoms. The summed E-state index contributed by atoms with van der Waals surface area (Å²) < 4.78 is 7.64. The second kappa shape index (κ2) is 5.50. The van der Waals surface area contributed by atoms with E-state index in [0.29, 0.717) is 6.61 Å². The van der Waals surface area contributed by atoms with Crippen LogP contribution in [0.15, 0.2) is 24.3 Å². The fourth-order valence-corrected chi connectivity index (χ4v) is 3.35. The minimum atomic E-state index is 0.0952. The van der Waals surface area contributed by atoms with E-state index in [1.165, 1.54) is 4.26 Å². The van der Waals surface area contributed by atoms with Crippen molar-refractivity contribution in [3.63, 3.8) is 0 Å². The fourth-order valence-electron chi connectivity index (χ4n) is 1.50. The Morgan fingerprint density at radius 3 is 2.88 bits per heavy atom. The number of nitrogens with zero attached hydrogens (tertiary/aromatic N) is 1. The van der Waals surface area contributed by atoms with Crippen LogP contribution in [0, 0.1) is 0 Å². The Morgan fingerprint density at radius 1 is 1.35 bits per heavy atom.